The number of rotatable bonds is 5. The fourth-order valence-corrected chi connectivity index (χ4v) is 4.21. The van der Waals surface area contributed by atoms with Crippen LogP contribution < -0.4 is 14.5 Å². The number of piperazine rings is 1. The number of hydrogen-bond donors (Lipinski definition) is 0. The Balaban J connectivity index is 1.30. The van der Waals surface area contributed by atoms with Crippen molar-refractivity contribution in [1.29, 1.82) is 0 Å². The third-order valence-electron chi connectivity index (χ3n) is 5.29. The molecule has 30 heavy (non-hydrogen) atoms. The van der Waals surface area contributed by atoms with Crippen LogP contribution in [0.25, 0.3) is 0 Å². The van der Waals surface area contributed by atoms with Gasteiger partial charge in [0.2, 0.25) is 5.91 Å². The first-order chi connectivity index (χ1) is 14.5. The molecule has 0 saturated carbocycles. The summed E-state index contributed by atoms with van der Waals surface area (Å²) in [6.45, 7) is 3.06. The summed E-state index contributed by atoms with van der Waals surface area (Å²) >= 11 is 12.1. The summed E-state index contributed by atoms with van der Waals surface area (Å²) in [4.78, 5) is 34.4. The number of carbonyl (C=O) groups excluding carboxylic acids is 2. The standard InChI is InChI=1S/C21H22Cl2N4O3/c22-15-11-18(23)21(24-13-15)26-9-7-25(8-10-26)20(29)14-30-17-4-1-3-16(12-17)27-6-2-5-19(27)28/h1,3-4,11-13H,2,5-10,14H2. The number of halogens is 2. The van der Waals surface area contributed by atoms with E-state index < -0.39 is 0 Å². The summed E-state index contributed by atoms with van der Waals surface area (Å²) in [5.41, 5.74) is 0.809. The minimum Gasteiger partial charge on any atom is -0.484 e. The van der Waals surface area contributed by atoms with E-state index >= 15 is 0 Å². The van der Waals surface area contributed by atoms with Crippen molar-refractivity contribution < 1.29 is 14.3 Å². The molecule has 0 aliphatic carbocycles. The number of benzene rings is 1. The lowest BCUT2D eigenvalue weighted by Crippen LogP contribution is -2.50. The Morgan fingerprint density at radius 3 is 2.60 bits per heavy atom. The number of pyridine rings is 1. The van der Waals surface area contributed by atoms with E-state index in [9.17, 15) is 9.59 Å². The van der Waals surface area contributed by atoms with E-state index in [0.717, 1.165) is 18.7 Å². The maximum Gasteiger partial charge on any atom is 0.260 e. The number of nitrogens with zero attached hydrogens (tertiary/aromatic N) is 4. The number of carbonyl (C=O) groups is 2. The van der Waals surface area contributed by atoms with E-state index in [2.05, 4.69) is 4.98 Å². The molecule has 0 bridgehead atoms. The number of anilines is 2. The minimum absolute atomic E-state index is 0.0443. The summed E-state index contributed by atoms with van der Waals surface area (Å²) in [7, 11) is 0. The minimum atomic E-state index is -0.0764. The fourth-order valence-electron chi connectivity index (χ4n) is 3.71. The molecular weight excluding hydrogens is 427 g/mol. The van der Waals surface area contributed by atoms with Crippen LogP contribution in [0.5, 0.6) is 5.75 Å². The van der Waals surface area contributed by atoms with Crippen LogP contribution in [-0.4, -0.2) is 61.0 Å². The molecule has 4 rings (SSSR count). The van der Waals surface area contributed by atoms with Crippen LogP contribution >= 0.6 is 23.2 Å². The molecular formula is C21H22Cl2N4O3. The second-order valence-electron chi connectivity index (χ2n) is 7.26. The van der Waals surface area contributed by atoms with Gasteiger partial charge in [0, 0.05) is 57.1 Å². The van der Waals surface area contributed by atoms with Crippen molar-refractivity contribution in [3.63, 3.8) is 0 Å². The zero-order valence-electron chi connectivity index (χ0n) is 16.4. The molecule has 9 heteroatoms. The molecule has 2 saturated heterocycles. The van der Waals surface area contributed by atoms with Crippen molar-refractivity contribution in [1.82, 2.24) is 9.88 Å². The molecule has 0 radical (unpaired) electrons. The van der Waals surface area contributed by atoms with Crippen molar-refractivity contribution in [2.45, 2.75) is 12.8 Å². The van der Waals surface area contributed by atoms with E-state index in [0.29, 0.717) is 54.2 Å². The van der Waals surface area contributed by atoms with E-state index in [1.54, 1.807) is 28.1 Å². The Kier molecular flexibility index (Phi) is 6.29. The predicted octanol–water partition coefficient (Wildman–Crippen LogP) is 3.24. The molecule has 2 fully saturated rings. The average Bonchev–Trinajstić information content (AvgIpc) is 3.18. The molecule has 158 valence electrons. The second kappa shape index (κ2) is 9.10. The quantitative estimate of drug-likeness (QED) is 0.702. The summed E-state index contributed by atoms with van der Waals surface area (Å²) in [6, 6.07) is 8.99. The zero-order valence-corrected chi connectivity index (χ0v) is 17.9. The van der Waals surface area contributed by atoms with Crippen LogP contribution in [0.1, 0.15) is 12.8 Å². The number of hydrogen-bond acceptors (Lipinski definition) is 5. The molecule has 2 amide bonds. The molecule has 7 nitrogen and oxygen atoms in total. The fraction of sp³-hybridized carbons (Fsp3) is 0.381. The van der Waals surface area contributed by atoms with Gasteiger partial charge in [0.25, 0.3) is 5.91 Å². The molecule has 0 atom stereocenters. The normalized spacial score (nSPS) is 16.9. The lowest BCUT2D eigenvalue weighted by molar-refractivity contribution is -0.133. The SMILES string of the molecule is O=C(COc1cccc(N2CCCC2=O)c1)N1CCN(c2ncc(Cl)cc2Cl)CC1. The lowest BCUT2D eigenvalue weighted by Gasteiger charge is -2.35. The Bertz CT molecular complexity index is 948. The van der Waals surface area contributed by atoms with Gasteiger partial charge in [0.15, 0.2) is 6.61 Å². The molecule has 0 unspecified atom stereocenters. The summed E-state index contributed by atoms with van der Waals surface area (Å²) in [5, 5.41) is 0.995. The molecule has 0 N–H and O–H groups in total. The van der Waals surface area contributed by atoms with Crippen molar-refractivity contribution in [2.24, 2.45) is 0 Å². The van der Waals surface area contributed by atoms with Gasteiger partial charge in [-0.1, -0.05) is 29.3 Å². The molecule has 2 aliphatic rings. The van der Waals surface area contributed by atoms with Gasteiger partial charge in [-0.2, -0.15) is 0 Å². The number of amides is 2. The van der Waals surface area contributed by atoms with Crippen LogP contribution in [-0.2, 0) is 9.59 Å². The summed E-state index contributed by atoms with van der Waals surface area (Å²) in [5.74, 6) is 1.30. The summed E-state index contributed by atoms with van der Waals surface area (Å²) in [6.07, 6.45) is 3.01. The van der Waals surface area contributed by atoms with Gasteiger partial charge in [-0.3, -0.25) is 9.59 Å². The van der Waals surface area contributed by atoms with Gasteiger partial charge in [-0.25, -0.2) is 4.98 Å². The largest absolute Gasteiger partial charge is 0.484 e. The molecule has 1 aromatic heterocycles. The Morgan fingerprint density at radius 2 is 1.90 bits per heavy atom. The smallest absolute Gasteiger partial charge is 0.260 e. The zero-order chi connectivity index (χ0) is 21.1. The van der Waals surface area contributed by atoms with Gasteiger partial charge in [0.1, 0.15) is 11.6 Å². The van der Waals surface area contributed by atoms with Gasteiger partial charge in [-0.15, -0.1) is 0 Å². The highest BCUT2D eigenvalue weighted by atomic mass is 35.5. The van der Waals surface area contributed by atoms with E-state index in [1.807, 2.05) is 23.1 Å². The predicted molar refractivity (Wildman–Crippen MR) is 117 cm³/mol. The van der Waals surface area contributed by atoms with Gasteiger partial charge in [0.05, 0.1) is 10.0 Å². The Labute approximate surface area is 185 Å². The number of ether oxygens (including phenoxy) is 1. The van der Waals surface area contributed by atoms with Crippen LogP contribution in [0.3, 0.4) is 0 Å². The Morgan fingerprint density at radius 1 is 1.10 bits per heavy atom. The third kappa shape index (κ3) is 4.63. The van der Waals surface area contributed by atoms with E-state index in [1.165, 1.54) is 0 Å². The first-order valence-corrected chi connectivity index (χ1v) is 10.6. The van der Waals surface area contributed by atoms with E-state index in [-0.39, 0.29) is 18.4 Å². The van der Waals surface area contributed by atoms with Crippen LogP contribution in [0, 0.1) is 0 Å². The Hall–Kier alpha value is -2.51. The van der Waals surface area contributed by atoms with Crippen molar-refractivity contribution in [3.05, 3.63) is 46.6 Å². The topological polar surface area (TPSA) is 66.0 Å². The molecule has 1 aromatic carbocycles. The molecule has 0 spiro atoms. The van der Waals surface area contributed by atoms with Crippen LogP contribution in [0.15, 0.2) is 36.5 Å². The molecule has 2 aromatic rings. The van der Waals surface area contributed by atoms with Gasteiger partial charge >= 0.3 is 0 Å². The summed E-state index contributed by atoms with van der Waals surface area (Å²) < 4.78 is 5.71. The van der Waals surface area contributed by atoms with Crippen molar-refractivity contribution >= 4 is 46.5 Å². The van der Waals surface area contributed by atoms with Crippen LogP contribution in [0.2, 0.25) is 10.0 Å². The molecule has 2 aliphatic heterocycles. The lowest BCUT2D eigenvalue weighted by atomic mass is 10.2. The van der Waals surface area contributed by atoms with E-state index in [4.69, 9.17) is 27.9 Å². The highest BCUT2D eigenvalue weighted by Gasteiger charge is 2.24. The second-order valence-corrected chi connectivity index (χ2v) is 8.11. The maximum absolute atomic E-state index is 12.6. The maximum atomic E-state index is 12.6. The number of aromatic nitrogens is 1. The van der Waals surface area contributed by atoms with Gasteiger partial charge in [-0.05, 0) is 24.6 Å². The third-order valence-corrected chi connectivity index (χ3v) is 5.77. The van der Waals surface area contributed by atoms with Crippen LogP contribution in [0.4, 0.5) is 11.5 Å². The monoisotopic (exact) mass is 448 g/mol. The van der Waals surface area contributed by atoms with Crippen molar-refractivity contribution in [2.75, 3.05) is 49.1 Å². The highest BCUT2D eigenvalue weighted by Crippen LogP contribution is 2.27. The highest BCUT2D eigenvalue weighted by molar-refractivity contribution is 6.36. The first kappa shape index (κ1) is 20.8. The molecule has 3 heterocycles. The van der Waals surface area contributed by atoms with Crippen molar-refractivity contribution in [3.8, 4) is 5.75 Å². The first-order valence-electron chi connectivity index (χ1n) is 9.88. The average molecular weight is 449 g/mol. The van der Waals surface area contributed by atoms with Gasteiger partial charge < -0.3 is 19.4 Å².